The standard InChI is InChI=1S/C26H31NO4S2/c1-18(13-14-22-19(2)16-21(31-20(3)28)17-26(22,4)5)10-8-9-15-33(29,30)25-27-23-11-6-7-12-24(23)32-25/h6-14,21H,15-17H2,1-5H3/b9-8+,14-13+,18-10+/t21-/m1/s1. The first-order chi connectivity index (χ1) is 15.5. The lowest BCUT2D eigenvalue weighted by Crippen LogP contribution is -2.31. The molecule has 0 saturated carbocycles. The van der Waals surface area contributed by atoms with E-state index in [9.17, 15) is 13.2 Å². The number of carbonyl (C=O) groups excluding carboxylic acids is 1. The third-order valence-corrected chi connectivity index (χ3v) is 8.75. The summed E-state index contributed by atoms with van der Waals surface area (Å²) in [4.78, 5) is 15.6. The van der Waals surface area contributed by atoms with Crippen LogP contribution in [-0.4, -0.2) is 31.2 Å². The van der Waals surface area contributed by atoms with Gasteiger partial charge in [0, 0.05) is 13.3 Å². The number of ether oxygens (including phenoxy) is 1. The predicted octanol–water partition coefficient (Wildman–Crippen LogP) is 6.20. The molecule has 0 N–H and O–H groups in total. The molecule has 3 rings (SSSR count). The van der Waals surface area contributed by atoms with Crippen molar-refractivity contribution in [3.8, 4) is 0 Å². The van der Waals surface area contributed by atoms with Crippen LogP contribution in [-0.2, 0) is 19.4 Å². The highest BCUT2D eigenvalue weighted by atomic mass is 32.2. The van der Waals surface area contributed by atoms with Crippen molar-refractivity contribution in [2.45, 2.75) is 57.9 Å². The molecule has 1 aliphatic carbocycles. The topological polar surface area (TPSA) is 73.3 Å². The molecule has 0 aliphatic heterocycles. The van der Waals surface area contributed by atoms with Crippen LogP contribution in [0.2, 0.25) is 0 Å². The average molecular weight is 486 g/mol. The second-order valence-corrected chi connectivity index (χ2v) is 12.4. The van der Waals surface area contributed by atoms with E-state index in [0.717, 1.165) is 23.1 Å². The van der Waals surface area contributed by atoms with E-state index >= 15 is 0 Å². The zero-order valence-electron chi connectivity index (χ0n) is 19.8. The Morgan fingerprint density at radius 1 is 1.27 bits per heavy atom. The second kappa shape index (κ2) is 10.2. The molecular formula is C26H31NO4S2. The Morgan fingerprint density at radius 3 is 2.67 bits per heavy atom. The summed E-state index contributed by atoms with van der Waals surface area (Å²) in [6, 6.07) is 7.42. The van der Waals surface area contributed by atoms with Crippen molar-refractivity contribution in [1.82, 2.24) is 4.98 Å². The van der Waals surface area contributed by atoms with E-state index < -0.39 is 9.84 Å². The van der Waals surface area contributed by atoms with Crippen molar-refractivity contribution in [3.63, 3.8) is 0 Å². The van der Waals surface area contributed by atoms with Gasteiger partial charge in [0.1, 0.15) is 6.10 Å². The van der Waals surface area contributed by atoms with Crippen LogP contribution in [0.15, 0.2) is 75.7 Å². The molecular weight excluding hydrogens is 454 g/mol. The fourth-order valence-corrected chi connectivity index (χ4v) is 6.62. The molecule has 176 valence electrons. The van der Waals surface area contributed by atoms with Crippen LogP contribution in [0.5, 0.6) is 0 Å². The monoisotopic (exact) mass is 485 g/mol. The van der Waals surface area contributed by atoms with E-state index in [2.05, 4.69) is 31.8 Å². The summed E-state index contributed by atoms with van der Waals surface area (Å²) in [6.45, 7) is 9.85. The number of hydrogen-bond donors (Lipinski definition) is 0. The summed E-state index contributed by atoms with van der Waals surface area (Å²) in [5.41, 5.74) is 4.10. The van der Waals surface area contributed by atoms with E-state index in [-0.39, 0.29) is 27.6 Å². The number of esters is 1. The molecule has 33 heavy (non-hydrogen) atoms. The summed E-state index contributed by atoms with van der Waals surface area (Å²) in [7, 11) is -3.46. The van der Waals surface area contributed by atoms with Crippen LogP contribution in [0.1, 0.15) is 47.5 Å². The van der Waals surface area contributed by atoms with Crippen LogP contribution in [0.25, 0.3) is 10.2 Å². The summed E-state index contributed by atoms with van der Waals surface area (Å²) >= 11 is 1.20. The van der Waals surface area contributed by atoms with Crippen LogP contribution in [0.3, 0.4) is 0 Å². The van der Waals surface area contributed by atoms with Gasteiger partial charge in [-0.05, 0) is 43.4 Å². The number of para-hydroxylation sites is 1. The zero-order chi connectivity index (χ0) is 24.2. The smallest absolute Gasteiger partial charge is 0.302 e. The second-order valence-electron chi connectivity index (χ2n) is 9.12. The van der Waals surface area contributed by atoms with Gasteiger partial charge in [-0.3, -0.25) is 4.79 Å². The normalized spacial score (nSPS) is 19.7. The molecule has 1 aliphatic rings. The minimum atomic E-state index is -3.46. The van der Waals surface area contributed by atoms with Crippen molar-refractivity contribution >= 4 is 37.4 Å². The molecule has 0 bridgehead atoms. The van der Waals surface area contributed by atoms with Crippen LogP contribution in [0, 0.1) is 5.41 Å². The lowest BCUT2D eigenvalue weighted by molar-refractivity contribution is -0.147. The van der Waals surface area contributed by atoms with E-state index in [1.807, 2.05) is 43.3 Å². The van der Waals surface area contributed by atoms with Gasteiger partial charge in [0.25, 0.3) is 0 Å². The first kappa shape index (κ1) is 25.1. The summed E-state index contributed by atoms with van der Waals surface area (Å²) in [5, 5.41) is 0. The van der Waals surface area contributed by atoms with Crippen LogP contribution >= 0.6 is 11.3 Å². The molecule has 5 nitrogen and oxygen atoms in total. The number of sulfone groups is 1. The number of benzene rings is 1. The van der Waals surface area contributed by atoms with Gasteiger partial charge >= 0.3 is 5.97 Å². The Labute approximate surface area is 200 Å². The van der Waals surface area contributed by atoms with Gasteiger partial charge in [0.05, 0.1) is 16.0 Å². The van der Waals surface area contributed by atoms with Gasteiger partial charge < -0.3 is 4.74 Å². The summed E-state index contributed by atoms with van der Waals surface area (Å²) in [6.07, 6.45) is 10.9. The highest BCUT2D eigenvalue weighted by molar-refractivity contribution is 7.93. The molecule has 7 heteroatoms. The van der Waals surface area contributed by atoms with Gasteiger partial charge in [0.2, 0.25) is 14.2 Å². The maximum absolute atomic E-state index is 12.6. The van der Waals surface area contributed by atoms with Gasteiger partial charge in [-0.15, -0.1) is 11.3 Å². The fraction of sp³-hybridized carbons (Fsp3) is 0.385. The van der Waals surface area contributed by atoms with Gasteiger partial charge in [-0.2, -0.15) is 0 Å². The number of fused-ring (bicyclic) bond motifs is 1. The van der Waals surface area contributed by atoms with Crippen molar-refractivity contribution in [1.29, 1.82) is 0 Å². The quantitative estimate of drug-likeness (QED) is 0.345. The molecule has 0 amide bonds. The third-order valence-electron chi connectivity index (χ3n) is 5.66. The highest BCUT2D eigenvalue weighted by Crippen LogP contribution is 2.42. The molecule has 2 aromatic rings. The van der Waals surface area contributed by atoms with Gasteiger partial charge in [0.15, 0.2) is 0 Å². The molecule has 0 radical (unpaired) electrons. The number of thiazole rings is 1. The Hall–Kier alpha value is -2.51. The van der Waals surface area contributed by atoms with Crippen molar-refractivity contribution in [2.24, 2.45) is 5.41 Å². The number of aromatic nitrogens is 1. The molecule has 1 atom stereocenters. The zero-order valence-corrected chi connectivity index (χ0v) is 21.4. The Morgan fingerprint density at radius 2 is 2.00 bits per heavy atom. The average Bonchev–Trinajstić information content (AvgIpc) is 3.15. The molecule has 0 spiro atoms. The van der Waals surface area contributed by atoms with Crippen molar-refractivity contribution in [3.05, 3.63) is 71.4 Å². The SMILES string of the molecule is CC(=O)O[C@@H]1CC(C)=C(/C=C/C(C)=C/C=C/CS(=O)(=O)c2nc3ccccc3s2)C(C)(C)C1. The number of allylic oxidation sites excluding steroid dienone is 6. The Bertz CT molecular complexity index is 1230. The molecule has 1 aromatic carbocycles. The van der Waals surface area contributed by atoms with E-state index in [4.69, 9.17) is 4.74 Å². The van der Waals surface area contributed by atoms with E-state index in [1.165, 1.54) is 29.4 Å². The summed E-state index contributed by atoms with van der Waals surface area (Å²) < 4.78 is 31.7. The minimum Gasteiger partial charge on any atom is -0.462 e. The van der Waals surface area contributed by atoms with Gasteiger partial charge in [-0.25, -0.2) is 13.4 Å². The highest BCUT2D eigenvalue weighted by Gasteiger charge is 2.33. The maximum atomic E-state index is 12.6. The molecule has 0 fully saturated rings. The maximum Gasteiger partial charge on any atom is 0.302 e. The van der Waals surface area contributed by atoms with Crippen molar-refractivity contribution in [2.75, 3.05) is 5.75 Å². The number of hydrogen-bond acceptors (Lipinski definition) is 6. The molecule has 1 heterocycles. The first-order valence-corrected chi connectivity index (χ1v) is 13.4. The van der Waals surface area contributed by atoms with Crippen LogP contribution in [0.4, 0.5) is 0 Å². The lowest BCUT2D eigenvalue weighted by atomic mass is 9.71. The molecule has 0 unspecified atom stereocenters. The van der Waals surface area contributed by atoms with Gasteiger partial charge in [-0.1, -0.05) is 67.5 Å². The summed E-state index contributed by atoms with van der Waals surface area (Å²) in [5.74, 6) is -0.326. The number of rotatable bonds is 7. The fourth-order valence-electron chi connectivity index (χ4n) is 4.19. The molecule has 1 aromatic heterocycles. The lowest BCUT2D eigenvalue weighted by Gasteiger charge is -2.37. The van der Waals surface area contributed by atoms with Crippen LogP contribution < -0.4 is 0 Å². The number of nitrogens with zero attached hydrogens (tertiary/aromatic N) is 1. The minimum absolute atomic E-state index is 0.0772. The predicted molar refractivity (Wildman–Crippen MR) is 135 cm³/mol. The molecule has 0 saturated heterocycles. The van der Waals surface area contributed by atoms with E-state index in [1.54, 1.807) is 12.2 Å². The van der Waals surface area contributed by atoms with Crippen molar-refractivity contribution < 1.29 is 17.9 Å². The Balaban J connectivity index is 1.65. The largest absolute Gasteiger partial charge is 0.462 e. The Kier molecular flexibility index (Phi) is 7.75. The number of carbonyl (C=O) groups is 1. The first-order valence-electron chi connectivity index (χ1n) is 11.0. The third kappa shape index (κ3) is 6.51. The van der Waals surface area contributed by atoms with E-state index in [0.29, 0.717) is 5.52 Å².